The Kier molecular flexibility index (Phi) is 72.5. The van der Waals surface area contributed by atoms with Gasteiger partial charge in [-0.3, -0.25) is 37.3 Å². The van der Waals surface area contributed by atoms with Crippen LogP contribution in [0.4, 0.5) is 0 Å². The molecular formula is C81H158O17P2. The van der Waals surface area contributed by atoms with Crippen molar-refractivity contribution < 1.29 is 80.2 Å². The van der Waals surface area contributed by atoms with E-state index in [2.05, 4.69) is 34.6 Å². The number of hydrogen-bond acceptors (Lipinski definition) is 15. The molecule has 0 saturated carbocycles. The Balaban J connectivity index is 5.15. The van der Waals surface area contributed by atoms with Crippen LogP contribution in [0.1, 0.15) is 433 Å². The smallest absolute Gasteiger partial charge is 0.462 e. The molecule has 0 spiro atoms. The molecule has 0 aliphatic carbocycles. The summed E-state index contributed by atoms with van der Waals surface area (Å²) >= 11 is 0. The highest BCUT2D eigenvalue weighted by atomic mass is 31.2. The van der Waals surface area contributed by atoms with Crippen molar-refractivity contribution in [1.82, 2.24) is 0 Å². The Hall–Kier alpha value is -1.94. The zero-order chi connectivity index (χ0) is 73.4. The van der Waals surface area contributed by atoms with Gasteiger partial charge < -0.3 is 33.8 Å². The molecular weight excluding hydrogens is 1310 g/mol. The third-order valence-electron chi connectivity index (χ3n) is 19.4. The number of aliphatic hydroxyl groups excluding tert-OH is 1. The van der Waals surface area contributed by atoms with Gasteiger partial charge in [-0.25, -0.2) is 9.13 Å². The maximum atomic E-state index is 13.1. The third-order valence-corrected chi connectivity index (χ3v) is 21.3. The Bertz CT molecular complexity index is 1910. The van der Waals surface area contributed by atoms with E-state index in [0.29, 0.717) is 25.7 Å². The first-order valence-electron chi connectivity index (χ1n) is 42.2. The molecule has 0 bridgehead atoms. The van der Waals surface area contributed by atoms with Gasteiger partial charge in [-0.1, -0.05) is 381 Å². The van der Waals surface area contributed by atoms with E-state index in [9.17, 15) is 43.2 Å². The third kappa shape index (κ3) is 73.0. The molecule has 0 aromatic heterocycles. The van der Waals surface area contributed by atoms with Gasteiger partial charge in [-0.2, -0.15) is 0 Å². The number of aliphatic hydroxyl groups is 1. The normalized spacial score (nSPS) is 14.1. The number of phosphoric acid groups is 2. The predicted molar refractivity (Wildman–Crippen MR) is 409 cm³/mol. The lowest BCUT2D eigenvalue weighted by atomic mass is 10.00. The van der Waals surface area contributed by atoms with Gasteiger partial charge >= 0.3 is 39.5 Å². The van der Waals surface area contributed by atoms with Gasteiger partial charge in [-0.05, 0) is 31.6 Å². The fourth-order valence-electron chi connectivity index (χ4n) is 12.6. The Morgan fingerprint density at radius 2 is 0.480 bits per heavy atom. The van der Waals surface area contributed by atoms with Gasteiger partial charge in [0.25, 0.3) is 0 Å². The molecule has 0 saturated heterocycles. The molecule has 19 heteroatoms. The summed E-state index contributed by atoms with van der Waals surface area (Å²) < 4.78 is 68.5. The summed E-state index contributed by atoms with van der Waals surface area (Å²) in [5.74, 6) is -1.40. The van der Waals surface area contributed by atoms with Crippen molar-refractivity contribution in [3.63, 3.8) is 0 Å². The average molecular weight is 1470 g/mol. The lowest BCUT2D eigenvalue weighted by Crippen LogP contribution is -2.30. The highest BCUT2D eigenvalue weighted by molar-refractivity contribution is 7.47. The SMILES string of the molecule is CCCCCCCCCCCCCCCCCCCCCCCCC(=O)O[C@H](COC(=O)CCCCCCCCCCCCCCCCCCCCCC)COP(=O)(O)OC[C@@H](O)COP(=O)(O)OC[C@@H](COC(=O)CCCCCCCCCC)OC(=O)CCCCCCCCC(C)CC. The number of hydrogen-bond donors (Lipinski definition) is 3. The van der Waals surface area contributed by atoms with Crippen molar-refractivity contribution in [1.29, 1.82) is 0 Å². The molecule has 100 heavy (non-hydrogen) atoms. The standard InChI is InChI=1S/C81H158O17P2/c1-6-10-13-16-19-22-24-26-28-30-32-34-35-37-39-41-43-45-47-50-56-61-66-80(85)97-76(70-92-79(84)65-60-55-49-46-44-42-40-38-36-33-31-29-27-25-23-20-17-14-11-7-2)72-95-99(87,88)93-68-75(82)69-94-100(89,90)96-73-77(71-91-78(83)64-59-54-48-21-18-15-12-8-3)98-81(86)67-62-57-52-51-53-58-63-74(5)9-4/h74-77,82H,6-73H2,1-5H3,(H,87,88)(H,89,90)/t74?,75-,76-,77-/m1/s1. The van der Waals surface area contributed by atoms with Crippen LogP contribution in [-0.4, -0.2) is 96.7 Å². The second kappa shape index (κ2) is 73.9. The quantitative estimate of drug-likeness (QED) is 0.0222. The number of ether oxygens (including phenoxy) is 4. The van der Waals surface area contributed by atoms with Crippen molar-refractivity contribution in [3.05, 3.63) is 0 Å². The first-order chi connectivity index (χ1) is 48.6. The molecule has 3 N–H and O–H groups in total. The van der Waals surface area contributed by atoms with Crippen molar-refractivity contribution in [2.45, 2.75) is 451 Å². The number of esters is 4. The van der Waals surface area contributed by atoms with Crippen molar-refractivity contribution in [2.24, 2.45) is 5.92 Å². The summed E-state index contributed by atoms with van der Waals surface area (Å²) in [6, 6.07) is 0. The first kappa shape index (κ1) is 98.1. The fraction of sp³-hybridized carbons (Fsp3) is 0.951. The van der Waals surface area contributed by atoms with Crippen LogP contribution in [0.25, 0.3) is 0 Å². The molecule has 0 aliphatic rings. The minimum absolute atomic E-state index is 0.103. The Labute approximate surface area is 613 Å². The fourth-order valence-corrected chi connectivity index (χ4v) is 14.1. The predicted octanol–water partition coefficient (Wildman–Crippen LogP) is 24.4. The number of phosphoric ester groups is 2. The number of unbranched alkanes of at least 4 members (excludes halogenated alkanes) is 52. The van der Waals surface area contributed by atoms with Crippen LogP contribution in [0.3, 0.4) is 0 Å². The van der Waals surface area contributed by atoms with E-state index in [1.165, 1.54) is 250 Å². The summed E-state index contributed by atoms with van der Waals surface area (Å²) in [6.45, 7) is 7.24. The van der Waals surface area contributed by atoms with E-state index >= 15 is 0 Å². The van der Waals surface area contributed by atoms with E-state index in [1.807, 2.05) is 0 Å². The molecule has 0 aromatic carbocycles. The van der Waals surface area contributed by atoms with E-state index in [0.717, 1.165) is 102 Å². The van der Waals surface area contributed by atoms with Crippen LogP contribution in [0.15, 0.2) is 0 Å². The molecule has 17 nitrogen and oxygen atoms in total. The van der Waals surface area contributed by atoms with Crippen LogP contribution in [0, 0.1) is 5.92 Å². The van der Waals surface area contributed by atoms with E-state index < -0.39 is 97.5 Å². The summed E-state index contributed by atoms with van der Waals surface area (Å²) in [5.41, 5.74) is 0. The highest BCUT2D eigenvalue weighted by Crippen LogP contribution is 2.45. The van der Waals surface area contributed by atoms with Gasteiger partial charge in [0.1, 0.15) is 19.3 Å². The minimum atomic E-state index is -4.96. The van der Waals surface area contributed by atoms with Gasteiger partial charge in [-0.15, -0.1) is 0 Å². The Morgan fingerprint density at radius 3 is 0.710 bits per heavy atom. The molecule has 0 radical (unpaired) electrons. The van der Waals surface area contributed by atoms with Crippen molar-refractivity contribution in [3.8, 4) is 0 Å². The zero-order valence-corrected chi connectivity index (χ0v) is 67.1. The number of rotatable bonds is 81. The van der Waals surface area contributed by atoms with Crippen LogP contribution < -0.4 is 0 Å². The molecule has 0 fully saturated rings. The van der Waals surface area contributed by atoms with Gasteiger partial charge in [0, 0.05) is 25.7 Å². The van der Waals surface area contributed by atoms with Crippen LogP contribution in [0.5, 0.6) is 0 Å². The molecule has 0 aliphatic heterocycles. The van der Waals surface area contributed by atoms with Crippen molar-refractivity contribution >= 4 is 39.5 Å². The average Bonchev–Trinajstić information content (AvgIpc) is 1.00. The largest absolute Gasteiger partial charge is 0.472 e. The van der Waals surface area contributed by atoms with Gasteiger partial charge in [0.2, 0.25) is 0 Å². The number of carbonyl (C=O) groups is 4. The van der Waals surface area contributed by atoms with Crippen LogP contribution >= 0.6 is 15.6 Å². The molecule has 0 amide bonds. The molecule has 3 unspecified atom stereocenters. The summed E-state index contributed by atoms with van der Waals surface area (Å²) in [7, 11) is -9.91. The molecule has 0 heterocycles. The maximum absolute atomic E-state index is 13.1. The summed E-state index contributed by atoms with van der Waals surface area (Å²) in [4.78, 5) is 72.8. The topological polar surface area (TPSA) is 237 Å². The molecule has 0 aromatic rings. The highest BCUT2D eigenvalue weighted by Gasteiger charge is 2.30. The van der Waals surface area contributed by atoms with E-state index in [4.69, 9.17) is 37.0 Å². The van der Waals surface area contributed by atoms with Gasteiger partial charge in [0.05, 0.1) is 26.4 Å². The molecule has 0 rings (SSSR count). The molecule has 6 atom stereocenters. The monoisotopic (exact) mass is 1470 g/mol. The van der Waals surface area contributed by atoms with E-state index in [-0.39, 0.29) is 25.7 Å². The maximum Gasteiger partial charge on any atom is 0.472 e. The number of carbonyl (C=O) groups excluding carboxylic acids is 4. The van der Waals surface area contributed by atoms with Crippen molar-refractivity contribution in [2.75, 3.05) is 39.6 Å². The van der Waals surface area contributed by atoms with E-state index in [1.54, 1.807) is 0 Å². The van der Waals surface area contributed by atoms with Crippen LogP contribution in [0.2, 0.25) is 0 Å². The summed E-state index contributed by atoms with van der Waals surface area (Å²) in [6.07, 6.45) is 65.7. The lowest BCUT2D eigenvalue weighted by molar-refractivity contribution is -0.161. The zero-order valence-electron chi connectivity index (χ0n) is 65.3. The first-order valence-corrected chi connectivity index (χ1v) is 45.2. The second-order valence-corrected chi connectivity index (χ2v) is 32.3. The summed E-state index contributed by atoms with van der Waals surface area (Å²) in [5, 5.41) is 10.6. The lowest BCUT2D eigenvalue weighted by Gasteiger charge is -2.21. The molecule has 594 valence electrons. The minimum Gasteiger partial charge on any atom is -0.462 e. The Morgan fingerprint density at radius 1 is 0.280 bits per heavy atom. The second-order valence-electron chi connectivity index (χ2n) is 29.4. The van der Waals surface area contributed by atoms with Crippen LogP contribution in [-0.2, 0) is 65.4 Å². The van der Waals surface area contributed by atoms with Gasteiger partial charge in [0.15, 0.2) is 12.2 Å².